The number of aromatic nitrogens is 1. The predicted octanol–water partition coefficient (Wildman–Crippen LogP) is 3.23. The predicted molar refractivity (Wildman–Crippen MR) is 64.4 cm³/mol. The highest BCUT2D eigenvalue weighted by Crippen LogP contribution is 2.18. The van der Waals surface area contributed by atoms with Gasteiger partial charge in [0, 0.05) is 16.1 Å². The van der Waals surface area contributed by atoms with Crippen LogP contribution >= 0.6 is 27.3 Å². The van der Waals surface area contributed by atoms with E-state index in [1.54, 1.807) is 5.38 Å². The van der Waals surface area contributed by atoms with E-state index in [0.29, 0.717) is 9.49 Å². The Labute approximate surface area is 99.6 Å². The standard InChI is InChI=1S/C10H8BrNO2S/c1-6(11)5-8(7(2)13)9(14)10-12-3-4-15-10/h3-5,13H,1-2H2/b8-5+. The molecule has 0 aliphatic heterocycles. The van der Waals surface area contributed by atoms with E-state index in [-0.39, 0.29) is 17.1 Å². The second-order valence-corrected chi connectivity index (χ2v) is 4.53. The van der Waals surface area contributed by atoms with Gasteiger partial charge in [-0.05, 0) is 6.08 Å². The number of carbonyl (C=O) groups is 1. The minimum atomic E-state index is -0.363. The Morgan fingerprint density at radius 2 is 2.27 bits per heavy atom. The van der Waals surface area contributed by atoms with Gasteiger partial charge in [-0.1, -0.05) is 29.1 Å². The fraction of sp³-hybridized carbons (Fsp3) is 0. The molecule has 1 rings (SSSR count). The van der Waals surface area contributed by atoms with E-state index in [1.807, 2.05) is 0 Å². The summed E-state index contributed by atoms with van der Waals surface area (Å²) < 4.78 is 0.484. The van der Waals surface area contributed by atoms with Crippen LogP contribution in [0.1, 0.15) is 9.80 Å². The van der Waals surface area contributed by atoms with Crippen molar-refractivity contribution >= 4 is 33.0 Å². The second-order valence-electron chi connectivity index (χ2n) is 2.62. The van der Waals surface area contributed by atoms with Crippen molar-refractivity contribution in [2.75, 3.05) is 0 Å². The first kappa shape index (κ1) is 11.9. The highest BCUT2D eigenvalue weighted by Gasteiger charge is 2.17. The molecule has 0 aliphatic rings. The first-order valence-corrected chi connectivity index (χ1v) is 5.58. The van der Waals surface area contributed by atoms with Gasteiger partial charge in [-0.2, -0.15) is 0 Å². The van der Waals surface area contributed by atoms with Crippen LogP contribution in [0.3, 0.4) is 0 Å². The van der Waals surface area contributed by atoms with Crippen molar-refractivity contribution in [3.05, 3.63) is 51.6 Å². The van der Waals surface area contributed by atoms with E-state index in [1.165, 1.54) is 23.6 Å². The summed E-state index contributed by atoms with van der Waals surface area (Å²) in [5.74, 6) is -0.658. The molecule has 0 amide bonds. The third-order valence-corrected chi connectivity index (χ3v) is 2.48. The van der Waals surface area contributed by atoms with Crippen LogP contribution in [0, 0.1) is 0 Å². The Balaban J connectivity index is 3.07. The molecule has 5 heteroatoms. The third-order valence-electron chi connectivity index (χ3n) is 1.48. The largest absolute Gasteiger partial charge is 0.508 e. The van der Waals surface area contributed by atoms with Crippen LogP contribution in [0.5, 0.6) is 0 Å². The van der Waals surface area contributed by atoms with Crippen molar-refractivity contribution in [1.29, 1.82) is 0 Å². The van der Waals surface area contributed by atoms with Gasteiger partial charge < -0.3 is 5.11 Å². The maximum absolute atomic E-state index is 11.8. The lowest BCUT2D eigenvalue weighted by Crippen LogP contribution is -2.05. The zero-order chi connectivity index (χ0) is 11.4. The Morgan fingerprint density at radius 1 is 1.60 bits per heavy atom. The van der Waals surface area contributed by atoms with Gasteiger partial charge in [-0.3, -0.25) is 4.79 Å². The van der Waals surface area contributed by atoms with E-state index in [9.17, 15) is 9.90 Å². The topological polar surface area (TPSA) is 50.2 Å². The maximum Gasteiger partial charge on any atom is 0.225 e. The fourth-order valence-corrected chi connectivity index (χ4v) is 1.71. The zero-order valence-electron chi connectivity index (χ0n) is 7.74. The molecule has 0 saturated carbocycles. The van der Waals surface area contributed by atoms with Crippen LogP contribution in [0.4, 0.5) is 0 Å². The Morgan fingerprint density at radius 3 is 2.67 bits per heavy atom. The molecule has 0 fully saturated rings. The van der Waals surface area contributed by atoms with E-state index >= 15 is 0 Å². The van der Waals surface area contributed by atoms with Gasteiger partial charge in [0.15, 0.2) is 5.01 Å². The lowest BCUT2D eigenvalue weighted by atomic mass is 10.1. The van der Waals surface area contributed by atoms with Gasteiger partial charge in [0.1, 0.15) is 5.76 Å². The molecule has 1 aromatic rings. The Bertz CT molecular complexity index is 434. The Kier molecular flexibility index (Phi) is 3.99. The number of aliphatic hydroxyl groups is 1. The molecule has 0 aromatic carbocycles. The lowest BCUT2D eigenvalue weighted by molar-refractivity contribution is 0.103. The van der Waals surface area contributed by atoms with E-state index in [0.717, 1.165) is 0 Å². The first-order valence-electron chi connectivity index (χ1n) is 3.91. The molecule has 0 bridgehead atoms. The summed E-state index contributed by atoms with van der Waals surface area (Å²) >= 11 is 4.29. The van der Waals surface area contributed by atoms with Gasteiger partial charge in [-0.15, -0.1) is 11.3 Å². The number of nitrogens with zero attached hydrogens (tertiary/aromatic N) is 1. The zero-order valence-corrected chi connectivity index (χ0v) is 10.1. The third kappa shape index (κ3) is 3.14. The van der Waals surface area contributed by atoms with Crippen molar-refractivity contribution in [2.45, 2.75) is 0 Å². The SMILES string of the molecule is C=C(Br)/C=C(\C(=C)O)C(=O)c1nccs1. The molecule has 15 heavy (non-hydrogen) atoms. The van der Waals surface area contributed by atoms with Crippen molar-refractivity contribution < 1.29 is 9.90 Å². The average molecular weight is 286 g/mol. The van der Waals surface area contributed by atoms with E-state index < -0.39 is 0 Å². The number of aliphatic hydroxyl groups excluding tert-OH is 1. The summed E-state index contributed by atoms with van der Waals surface area (Å²) in [4.78, 5) is 15.6. The number of allylic oxidation sites excluding steroid dienone is 3. The van der Waals surface area contributed by atoms with Gasteiger partial charge in [0.05, 0.1) is 5.57 Å². The number of hydrogen-bond acceptors (Lipinski definition) is 4. The van der Waals surface area contributed by atoms with Crippen LogP contribution in [0.2, 0.25) is 0 Å². The molecule has 0 radical (unpaired) electrons. The molecule has 78 valence electrons. The van der Waals surface area contributed by atoms with Crippen molar-refractivity contribution in [3.8, 4) is 0 Å². The summed E-state index contributed by atoms with van der Waals surface area (Å²) in [5.41, 5.74) is 0.0897. The Hall–Kier alpha value is -1.20. The molecule has 1 heterocycles. The molecule has 1 aromatic heterocycles. The van der Waals surface area contributed by atoms with Gasteiger partial charge >= 0.3 is 0 Å². The average Bonchev–Trinajstić information content (AvgIpc) is 2.65. The second kappa shape index (κ2) is 5.04. The van der Waals surface area contributed by atoms with Crippen LogP contribution in [-0.2, 0) is 0 Å². The number of ketones is 1. The van der Waals surface area contributed by atoms with Crippen LogP contribution < -0.4 is 0 Å². The van der Waals surface area contributed by atoms with Gasteiger partial charge in [-0.25, -0.2) is 4.98 Å². The van der Waals surface area contributed by atoms with Crippen molar-refractivity contribution in [3.63, 3.8) is 0 Å². The fourth-order valence-electron chi connectivity index (χ4n) is 0.887. The number of rotatable bonds is 4. The molecule has 0 spiro atoms. The molecule has 3 nitrogen and oxygen atoms in total. The highest BCUT2D eigenvalue weighted by molar-refractivity contribution is 9.11. The molecular formula is C10H8BrNO2S. The quantitative estimate of drug-likeness (QED) is 0.400. The van der Waals surface area contributed by atoms with Crippen molar-refractivity contribution in [2.24, 2.45) is 0 Å². The van der Waals surface area contributed by atoms with Gasteiger partial charge in [0.2, 0.25) is 5.78 Å². The summed E-state index contributed by atoms with van der Waals surface area (Å²) in [6.07, 6.45) is 2.94. The molecule has 0 atom stereocenters. The molecule has 0 saturated heterocycles. The normalized spacial score (nSPS) is 11.1. The number of Topliss-reactive ketones (excluding diaryl/α,β-unsaturated/α-hetero) is 1. The van der Waals surface area contributed by atoms with Crippen LogP contribution in [0.15, 0.2) is 46.6 Å². The molecular weight excluding hydrogens is 278 g/mol. The minimum Gasteiger partial charge on any atom is -0.508 e. The number of carbonyl (C=O) groups excluding carboxylic acids is 1. The van der Waals surface area contributed by atoms with E-state index in [4.69, 9.17) is 0 Å². The van der Waals surface area contributed by atoms with Crippen molar-refractivity contribution in [1.82, 2.24) is 4.98 Å². The molecule has 0 unspecified atom stereocenters. The number of hydrogen-bond donors (Lipinski definition) is 1. The summed E-state index contributed by atoms with van der Waals surface area (Å²) in [7, 11) is 0. The van der Waals surface area contributed by atoms with E-state index in [2.05, 4.69) is 34.1 Å². The smallest absolute Gasteiger partial charge is 0.225 e. The summed E-state index contributed by atoms with van der Waals surface area (Å²) in [6.45, 7) is 6.88. The highest BCUT2D eigenvalue weighted by atomic mass is 79.9. The minimum absolute atomic E-state index is 0.0897. The number of thiazole rings is 1. The monoisotopic (exact) mass is 285 g/mol. The summed E-state index contributed by atoms with van der Waals surface area (Å²) in [5, 5.41) is 11.3. The van der Waals surface area contributed by atoms with Crippen LogP contribution in [0.25, 0.3) is 0 Å². The molecule has 0 aliphatic carbocycles. The lowest BCUT2D eigenvalue weighted by Gasteiger charge is -2.01. The molecule has 1 N–H and O–H groups in total. The van der Waals surface area contributed by atoms with Gasteiger partial charge in [0.25, 0.3) is 0 Å². The first-order chi connectivity index (χ1) is 7.02. The summed E-state index contributed by atoms with van der Waals surface area (Å²) in [6, 6.07) is 0. The van der Waals surface area contributed by atoms with Crippen LogP contribution in [-0.4, -0.2) is 15.9 Å². The maximum atomic E-state index is 11.8. The number of halogens is 1.